The Morgan fingerprint density at radius 1 is 0.867 bits per heavy atom. The SMILES string of the molecule is Cc1ccc(C(N[C@@H](CCCCN)C(=O)O)(c2ccccc2)c2ccccc2)cc1. The van der Waals surface area contributed by atoms with Crippen LogP contribution < -0.4 is 11.1 Å². The van der Waals surface area contributed by atoms with Crippen molar-refractivity contribution in [2.24, 2.45) is 5.73 Å². The summed E-state index contributed by atoms with van der Waals surface area (Å²) in [4.78, 5) is 12.2. The van der Waals surface area contributed by atoms with Gasteiger partial charge in [-0.15, -0.1) is 0 Å². The molecule has 0 saturated heterocycles. The fourth-order valence-electron chi connectivity index (χ4n) is 3.94. The molecule has 0 aromatic heterocycles. The second-order valence-electron chi connectivity index (χ2n) is 7.67. The molecule has 1 atom stereocenters. The Hall–Kier alpha value is -2.95. The fourth-order valence-corrected chi connectivity index (χ4v) is 3.94. The number of aliphatic carboxylic acids is 1. The summed E-state index contributed by atoms with van der Waals surface area (Å²) in [5.41, 5.74) is 9.03. The summed E-state index contributed by atoms with van der Waals surface area (Å²) in [5, 5.41) is 13.6. The van der Waals surface area contributed by atoms with Gasteiger partial charge in [0.15, 0.2) is 0 Å². The first-order valence-corrected chi connectivity index (χ1v) is 10.5. The topological polar surface area (TPSA) is 75.3 Å². The summed E-state index contributed by atoms with van der Waals surface area (Å²) < 4.78 is 0. The lowest BCUT2D eigenvalue weighted by Crippen LogP contribution is -2.52. The van der Waals surface area contributed by atoms with Gasteiger partial charge in [-0.3, -0.25) is 10.1 Å². The maximum atomic E-state index is 12.2. The number of benzene rings is 3. The molecule has 0 saturated carbocycles. The van der Waals surface area contributed by atoms with E-state index in [1.54, 1.807) is 0 Å². The van der Waals surface area contributed by atoms with Crippen molar-refractivity contribution >= 4 is 5.97 Å². The van der Waals surface area contributed by atoms with Crippen LogP contribution in [0.3, 0.4) is 0 Å². The number of carbonyl (C=O) groups is 1. The van der Waals surface area contributed by atoms with Crippen LogP contribution in [-0.2, 0) is 10.3 Å². The molecule has 0 aliphatic carbocycles. The number of nitrogens with two attached hydrogens (primary N) is 1. The molecule has 0 fully saturated rings. The number of rotatable bonds is 10. The molecular weight excluding hydrogens is 372 g/mol. The Morgan fingerprint density at radius 3 is 1.83 bits per heavy atom. The van der Waals surface area contributed by atoms with Gasteiger partial charge in [0.25, 0.3) is 0 Å². The Morgan fingerprint density at radius 2 is 1.37 bits per heavy atom. The average Bonchev–Trinajstić information content (AvgIpc) is 2.78. The van der Waals surface area contributed by atoms with Crippen LogP contribution in [0.25, 0.3) is 0 Å². The third-order valence-electron chi connectivity index (χ3n) is 5.53. The monoisotopic (exact) mass is 402 g/mol. The van der Waals surface area contributed by atoms with Gasteiger partial charge >= 0.3 is 5.97 Å². The predicted octanol–water partition coefficient (Wildman–Crippen LogP) is 4.46. The lowest BCUT2D eigenvalue weighted by molar-refractivity contribution is -0.140. The minimum Gasteiger partial charge on any atom is -0.480 e. The minimum atomic E-state index is -0.852. The van der Waals surface area contributed by atoms with E-state index in [1.807, 2.05) is 36.4 Å². The van der Waals surface area contributed by atoms with E-state index in [0.29, 0.717) is 13.0 Å². The zero-order valence-electron chi connectivity index (χ0n) is 17.4. The molecule has 4 heteroatoms. The van der Waals surface area contributed by atoms with E-state index in [9.17, 15) is 9.90 Å². The van der Waals surface area contributed by atoms with Crippen molar-refractivity contribution in [1.29, 1.82) is 0 Å². The van der Waals surface area contributed by atoms with Gasteiger partial charge in [-0.05, 0) is 43.0 Å². The standard InChI is InChI=1S/C26H30N2O2/c1-20-15-17-23(18-16-20)26(21-10-4-2-5-11-21,22-12-6-3-7-13-22)28-24(25(29)30)14-8-9-19-27/h2-7,10-13,15-18,24,28H,8-9,14,19,27H2,1H3,(H,29,30)/t24-/m0/s1. The van der Waals surface area contributed by atoms with Gasteiger partial charge in [0.05, 0.1) is 5.54 Å². The van der Waals surface area contributed by atoms with Crippen molar-refractivity contribution in [2.75, 3.05) is 6.54 Å². The van der Waals surface area contributed by atoms with Crippen LogP contribution in [0.1, 0.15) is 41.5 Å². The van der Waals surface area contributed by atoms with E-state index in [4.69, 9.17) is 5.73 Å². The van der Waals surface area contributed by atoms with E-state index >= 15 is 0 Å². The highest BCUT2D eigenvalue weighted by molar-refractivity contribution is 5.74. The predicted molar refractivity (Wildman–Crippen MR) is 121 cm³/mol. The molecule has 0 spiro atoms. The molecule has 156 valence electrons. The summed E-state index contributed by atoms with van der Waals surface area (Å²) in [6, 6.07) is 27.7. The van der Waals surface area contributed by atoms with Gasteiger partial charge in [-0.1, -0.05) is 96.9 Å². The lowest BCUT2D eigenvalue weighted by atomic mass is 9.76. The van der Waals surface area contributed by atoms with Gasteiger partial charge in [-0.25, -0.2) is 0 Å². The van der Waals surface area contributed by atoms with Gasteiger partial charge in [-0.2, -0.15) is 0 Å². The molecule has 3 aromatic carbocycles. The summed E-state index contributed by atoms with van der Waals surface area (Å²) in [6.45, 7) is 2.61. The molecule has 0 bridgehead atoms. The number of unbranched alkanes of at least 4 members (excludes halogenated alkanes) is 1. The van der Waals surface area contributed by atoms with Crippen LogP contribution >= 0.6 is 0 Å². The van der Waals surface area contributed by atoms with E-state index in [2.05, 4.69) is 60.8 Å². The van der Waals surface area contributed by atoms with Gasteiger partial charge < -0.3 is 10.8 Å². The van der Waals surface area contributed by atoms with E-state index in [0.717, 1.165) is 35.1 Å². The average molecular weight is 403 g/mol. The fraction of sp³-hybridized carbons (Fsp3) is 0.269. The zero-order chi connectivity index (χ0) is 21.4. The quantitative estimate of drug-likeness (QED) is 0.346. The molecule has 0 unspecified atom stereocenters. The third kappa shape index (κ3) is 4.78. The Balaban J connectivity index is 2.20. The van der Waals surface area contributed by atoms with Crippen molar-refractivity contribution in [2.45, 2.75) is 37.8 Å². The van der Waals surface area contributed by atoms with Crippen molar-refractivity contribution in [1.82, 2.24) is 5.32 Å². The number of nitrogens with one attached hydrogen (secondary N) is 1. The Kier molecular flexibility index (Phi) is 7.39. The van der Waals surface area contributed by atoms with E-state index < -0.39 is 17.6 Å². The molecular formula is C26H30N2O2. The normalized spacial score (nSPS) is 12.5. The highest BCUT2D eigenvalue weighted by Crippen LogP contribution is 2.37. The molecule has 0 aliphatic heterocycles. The second kappa shape index (κ2) is 10.2. The molecule has 0 radical (unpaired) electrons. The molecule has 3 aromatic rings. The summed E-state index contributed by atoms with van der Waals surface area (Å²) in [7, 11) is 0. The zero-order valence-corrected chi connectivity index (χ0v) is 17.4. The van der Waals surface area contributed by atoms with Crippen molar-refractivity contribution < 1.29 is 9.90 Å². The second-order valence-corrected chi connectivity index (χ2v) is 7.67. The summed E-state index contributed by atoms with van der Waals surface area (Å²) >= 11 is 0. The van der Waals surface area contributed by atoms with Gasteiger partial charge in [0.1, 0.15) is 6.04 Å². The molecule has 0 aliphatic rings. The maximum absolute atomic E-state index is 12.2. The Labute approximate surface area is 178 Å². The summed E-state index contributed by atoms with van der Waals surface area (Å²) in [6.07, 6.45) is 2.08. The number of hydrogen-bond donors (Lipinski definition) is 3. The first-order chi connectivity index (χ1) is 14.6. The summed E-state index contributed by atoms with van der Waals surface area (Å²) in [5.74, 6) is -0.852. The number of hydrogen-bond acceptors (Lipinski definition) is 3. The highest BCUT2D eigenvalue weighted by Gasteiger charge is 2.39. The number of carboxylic acid groups (broad SMARTS) is 1. The maximum Gasteiger partial charge on any atom is 0.320 e. The largest absolute Gasteiger partial charge is 0.480 e. The number of aryl methyl sites for hydroxylation is 1. The number of carboxylic acids is 1. The highest BCUT2D eigenvalue weighted by atomic mass is 16.4. The Bertz CT molecular complexity index is 885. The van der Waals surface area contributed by atoms with Crippen LogP contribution in [-0.4, -0.2) is 23.7 Å². The van der Waals surface area contributed by atoms with Crippen LogP contribution in [0.2, 0.25) is 0 Å². The van der Waals surface area contributed by atoms with Crippen LogP contribution in [0.15, 0.2) is 84.9 Å². The lowest BCUT2D eigenvalue weighted by Gasteiger charge is -2.39. The van der Waals surface area contributed by atoms with Crippen LogP contribution in [0.5, 0.6) is 0 Å². The van der Waals surface area contributed by atoms with Crippen molar-refractivity contribution in [3.63, 3.8) is 0 Å². The van der Waals surface area contributed by atoms with Gasteiger partial charge in [0.2, 0.25) is 0 Å². The molecule has 0 amide bonds. The third-order valence-corrected chi connectivity index (χ3v) is 5.53. The molecule has 30 heavy (non-hydrogen) atoms. The van der Waals surface area contributed by atoms with Crippen LogP contribution in [0.4, 0.5) is 0 Å². The molecule has 3 rings (SSSR count). The minimum absolute atomic E-state index is 0.514. The van der Waals surface area contributed by atoms with E-state index in [-0.39, 0.29) is 0 Å². The van der Waals surface area contributed by atoms with Crippen LogP contribution in [0, 0.1) is 6.92 Å². The smallest absolute Gasteiger partial charge is 0.320 e. The van der Waals surface area contributed by atoms with Gasteiger partial charge in [0, 0.05) is 0 Å². The van der Waals surface area contributed by atoms with Crippen molar-refractivity contribution in [3.8, 4) is 0 Å². The van der Waals surface area contributed by atoms with Crippen molar-refractivity contribution in [3.05, 3.63) is 107 Å². The first kappa shape index (κ1) is 21.8. The van der Waals surface area contributed by atoms with E-state index in [1.165, 1.54) is 0 Å². The molecule has 4 N–H and O–H groups in total. The molecule has 0 heterocycles. The first-order valence-electron chi connectivity index (χ1n) is 10.5. The molecule has 4 nitrogen and oxygen atoms in total.